The maximum absolute atomic E-state index is 15.1. The summed E-state index contributed by atoms with van der Waals surface area (Å²) in [6.45, 7) is 2.12. The van der Waals surface area contributed by atoms with Crippen LogP contribution in [0.1, 0.15) is 30.0 Å². The van der Waals surface area contributed by atoms with Crippen molar-refractivity contribution in [3.8, 4) is 22.3 Å². The number of hydrogen-bond donors (Lipinski definition) is 0. The second-order valence-corrected chi connectivity index (χ2v) is 8.29. The minimum Gasteiger partial charge on any atom is -0.207 e. The smallest absolute Gasteiger partial charge is 0.167 e. The number of rotatable bonds is 7. The molecule has 0 saturated carbocycles. The maximum Gasteiger partial charge on any atom is 0.167 e. The van der Waals surface area contributed by atoms with Crippen molar-refractivity contribution in [3.05, 3.63) is 119 Å². The quantitative estimate of drug-likeness (QED) is 0.240. The van der Waals surface area contributed by atoms with Gasteiger partial charge in [-0.15, -0.1) is 0 Å². The first kappa shape index (κ1) is 23.7. The standard InChI is InChI=1S/C29H23F5/c1-2-3-18-4-6-19(7-5-18)8-9-20-10-12-23(27(33)16-20)28-22(13-15-26(32)29(28)34)24-17-21(30)11-14-25(24)31/h4-7,10-17H,2-3,8-9H2,1H3. The van der Waals surface area contributed by atoms with E-state index in [0.717, 1.165) is 48.7 Å². The Morgan fingerprint density at radius 1 is 0.500 bits per heavy atom. The molecule has 0 fully saturated rings. The predicted octanol–water partition coefficient (Wildman–Crippen LogP) is 8.45. The lowest BCUT2D eigenvalue weighted by molar-refractivity contribution is 0.510. The van der Waals surface area contributed by atoms with Crippen LogP contribution in [0.2, 0.25) is 0 Å². The monoisotopic (exact) mass is 466 g/mol. The van der Waals surface area contributed by atoms with Gasteiger partial charge in [0.25, 0.3) is 0 Å². The van der Waals surface area contributed by atoms with E-state index in [2.05, 4.69) is 31.2 Å². The molecule has 0 aliphatic heterocycles. The number of hydrogen-bond acceptors (Lipinski definition) is 0. The minimum absolute atomic E-state index is 0.130. The molecule has 0 atom stereocenters. The Labute approximate surface area is 195 Å². The molecule has 4 aromatic rings. The van der Waals surface area contributed by atoms with Crippen molar-refractivity contribution in [1.82, 2.24) is 0 Å². The van der Waals surface area contributed by atoms with Crippen LogP contribution in [0, 0.1) is 29.1 Å². The highest BCUT2D eigenvalue weighted by molar-refractivity contribution is 5.84. The van der Waals surface area contributed by atoms with E-state index in [0.29, 0.717) is 18.4 Å². The van der Waals surface area contributed by atoms with Gasteiger partial charge >= 0.3 is 0 Å². The molecule has 0 bridgehead atoms. The summed E-state index contributed by atoms with van der Waals surface area (Å²) in [5.41, 5.74) is 2.00. The van der Waals surface area contributed by atoms with Crippen LogP contribution in [-0.4, -0.2) is 0 Å². The summed E-state index contributed by atoms with van der Waals surface area (Å²) in [7, 11) is 0. The summed E-state index contributed by atoms with van der Waals surface area (Å²) in [6, 6.07) is 17.2. The molecular formula is C29H23F5. The van der Waals surface area contributed by atoms with E-state index < -0.39 is 34.6 Å². The summed E-state index contributed by atoms with van der Waals surface area (Å²) < 4.78 is 72.2. The van der Waals surface area contributed by atoms with Gasteiger partial charge in [0.15, 0.2) is 11.6 Å². The highest BCUT2D eigenvalue weighted by atomic mass is 19.2. The zero-order valence-corrected chi connectivity index (χ0v) is 18.6. The van der Waals surface area contributed by atoms with Crippen molar-refractivity contribution < 1.29 is 22.0 Å². The lowest BCUT2D eigenvalue weighted by Crippen LogP contribution is -1.99. The molecule has 0 heterocycles. The second kappa shape index (κ2) is 10.2. The molecule has 0 saturated heterocycles. The van der Waals surface area contributed by atoms with Crippen LogP contribution in [0.4, 0.5) is 22.0 Å². The first-order valence-corrected chi connectivity index (χ1v) is 11.2. The lowest BCUT2D eigenvalue weighted by atomic mass is 9.92. The van der Waals surface area contributed by atoms with Crippen LogP contribution in [0.15, 0.2) is 72.8 Å². The molecule has 0 aliphatic rings. The van der Waals surface area contributed by atoms with E-state index in [1.807, 2.05) is 0 Å². The fourth-order valence-corrected chi connectivity index (χ4v) is 4.11. The van der Waals surface area contributed by atoms with E-state index in [-0.39, 0.29) is 16.7 Å². The van der Waals surface area contributed by atoms with E-state index in [4.69, 9.17) is 0 Å². The second-order valence-electron chi connectivity index (χ2n) is 8.29. The highest BCUT2D eigenvalue weighted by Crippen LogP contribution is 2.38. The fraction of sp³-hybridized carbons (Fsp3) is 0.172. The molecule has 0 nitrogen and oxygen atoms in total. The van der Waals surface area contributed by atoms with Gasteiger partial charge in [-0.25, -0.2) is 22.0 Å². The Hall–Kier alpha value is -3.47. The Morgan fingerprint density at radius 3 is 1.76 bits per heavy atom. The van der Waals surface area contributed by atoms with Gasteiger partial charge in [0.1, 0.15) is 17.5 Å². The van der Waals surface area contributed by atoms with Crippen LogP contribution >= 0.6 is 0 Å². The minimum atomic E-state index is -1.32. The van der Waals surface area contributed by atoms with E-state index in [1.165, 1.54) is 17.7 Å². The molecule has 0 aliphatic carbocycles. The average Bonchev–Trinajstić information content (AvgIpc) is 2.83. The lowest BCUT2D eigenvalue weighted by Gasteiger charge is -2.14. The van der Waals surface area contributed by atoms with Crippen molar-refractivity contribution in [1.29, 1.82) is 0 Å². The van der Waals surface area contributed by atoms with Gasteiger partial charge in [0.05, 0.1) is 0 Å². The molecule has 0 aromatic heterocycles. The zero-order chi connectivity index (χ0) is 24.2. The highest BCUT2D eigenvalue weighted by Gasteiger charge is 2.21. The number of halogens is 5. The van der Waals surface area contributed by atoms with Crippen LogP contribution in [0.5, 0.6) is 0 Å². The van der Waals surface area contributed by atoms with Crippen molar-refractivity contribution >= 4 is 0 Å². The molecule has 0 radical (unpaired) electrons. The molecule has 0 amide bonds. The normalized spacial score (nSPS) is 11.1. The number of benzene rings is 4. The fourth-order valence-electron chi connectivity index (χ4n) is 4.11. The molecular weight excluding hydrogens is 443 g/mol. The molecule has 0 spiro atoms. The van der Waals surface area contributed by atoms with Crippen molar-refractivity contribution in [2.24, 2.45) is 0 Å². The first-order chi connectivity index (χ1) is 16.4. The van der Waals surface area contributed by atoms with Gasteiger partial charge in [-0.1, -0.05) is 55.8 Å². The topological polar surface area (TPSA) is 0 Å². The number of aryl methyl sites for hydroxylation is 3. The Balaban J connectivity index is 1.65. The zero-order valence-electron chi connectivity index (χ0n) is 18.6. The van der Waals surface area contributed by atoms with Crippen molar-refractivity contribution in [2.45, 2.75) is 32.6 Å². The molecule has 4 aromatic carbocycles. The summed E-state index contributed by atoms with van der Waals surface area (Å²) in [5, 5.41) is 0. The van der Waals surface area contributed by atoms with Crippen molar-refractivity contribution in [3.63, 3.8) is 0 Å². The van der Waals surface area contributed by atoms with Crippen molar-refractivity contribution in [2.75, 3.05) is 0 Å². The van der Waals surface area contributed by atoms with E-state index >= 15 is 4.39 Å². The average molecular weight is 466 g/mol. The predicted molar refractivity (Wildman–Crippen MR) is 125 cm³/mol. The molecule has 4 rings (SSSR count). The van der Waals surface area contributed by atoms with Gasteiger partial charge in [-0.2, -0.15) is 0 Å². The van der Waals surface area contributed by atoms with E-state index in [1.54, 1.807) is 6.07 Å². The SMILES string of the molecule is CCCc1ccc(CCc2ccc(-c3c(-c4cc(F)ccc4F)ccc(F)c3F)c(F)c2)cc1. The van der Waals surface area contributed by atoms with Crippen LogP contribution in [-0.2, 0) is 19.3 Å². The van der Waals surface area contributed by atoms with Gasteiger partial charge in [0, 0.05) is 16.7 Å². The maximum atomic E-state index is 15.1. The Bertz CT molecular complexity index is 1310. The van der Waals surface area contributed by atoms with Gasteiger partial charge in [-0.05, 0) is 71.8 Å². The summed E-state index contributed by atoms with van der Waals surface area (Å²) in [4.78, 5) is 0. The van der Waals surface area contributed by atoms with Crippen LogP contribution < -0.4 is 0 Å². The van der Waals surface area contributed by atoms with Gasteiger partial charge < -0.3 is 0 Å². The Kier molecular flexibility index (Phi) is 7.11. The van der Waals surface area contributed by atoms with Gasteiger partial charge in [0.2, 0.25) is 0 Å². The third-order valence-corrected chi connectivity index (χ3v) is 5.88. The third-order valence-electron chi connectivity index (χ3n) is 5.88. The summed E-state index contributed by atoms with van der Waals surface area (Å²) in [5.74, 6) is -4.86. The Morgan fingerprint density at radius 2 is 1.09 bits per heavy atom. The molecule has 0 N–H and O–H groups in total. The molecule has 5 heteroatoms. The molecule has 34 heavy (non-hydrogen) atoms. The first-order valence-electron chi connectivity index (χ1n) is 11.2. The van der Waals surface area contributed by atoms with Crippen LogP contribution in [0.25, 0.3) is 22.3 Å². The largest absolute Gasteiger partial charge is 0.207 e. The molecule has 0 unspecified atom stereocenters. The van der Waals surface area contributed by atoms with Gasteiger partial charge in [-0.3, -0.25) is 0 Å². The summed E-state index contributed by atoms with van der Waals surface area (Å²) >= 11 is 0. The van der Waals surface area contributed by atoms with Crippen LogP contribution in [0.3, 0.4) is 0 Å². The molecule has 174 valence electrons. The third kappa shape index (κ3) is 5.04. The summed E-state index contributed by atoms with van der Waals surface area (Å²) in [6.07, 6.45) is 3.34. The van der Waals surface area contributed by atoms with E-state index in [9.17, 15) is 17.6 Å².